The van der Waals surface area contributed by atoms with Gasteiger partial charge in [-0.2, -0.15) is 0 Å². The predicted octanol–water partition coefficient (Wildman–Crippen LogP) is 8.52. The Kier molecular flexibility index (Phi) is 9.00. The van der Waals surface area contributed by atoms with E-state index in [0.717, 1.165) is 29.7 Å². The molecule has 0 heterocycles. The Morgan fingerprint density at radius 3 is 2.06 bits per heavy atom. The molecular weight excluding hydrogens is 414 g/mol. The summed E-state index contributed by atoms with van der Waals surface area (Å²) in [6, 6.07) is 9.21. The van der Waals surface area contributed by atoms with Gasteiger partial charge in [-0.05, 0) is 86.3 Å². The van der Waals surface area contributed by atoms with Crippen LogP contribution in [0.5, 0.6) is 0 Å². The molecule has 1 N–H and O–H groups in total. The van der Waals surface area contributed by atoms with Gasteiger partial charge in [0.1, 0.15) is 0 Å². The standard InChI is InChI=1S/C29H44ClNO/c1-22(32)17-25-15-16-29(28(18-25)26-13-8-14-27(30)19-26)31(20-23-9-4-2-5-10-23)21-24-11-6-3-7-12-24/h8,13-14,19,23-25,28-29,32H,1-7,9-12,15-18,20-21H2/t25-,28-,29+/m0/s1. The number of allylic oxidation sites excluding steroid dienone is 1. The van der Waals surface area contributed by atoms with Crippen LogP contribution in [-0.2, 0) is 0 Å². The maximum Gasteiger partial charge on any atom is 0.0853 e. The molecule has 32 heavy (non-hydrogen) atoms. The summed E-state index contributed by atoms with van der Waals surface area (Å²) < 4.78 is 0. The van der Waals surface area contributed by atoms with Gasteiger partial charge >= 0.3 is 0 Å². The van der Waals surface area contributed by atoms with Crippen molar-refractivity contribution in [3.63, 3.8) is 0 Å². The quantitative estimate of drug-likeness (QED) is 0.395. The molecule has 2 nitrogen and oxygen atoms in total. The number of nitrogens with zero attached hydrogens (tertiary/aromatic N) is 1. The fourth-order valence-electron chi connectivity index (χ4n) is 7.04. The highest BCUT2D eigenvalue weighted by Gasteiger charge is 2.37. The van der Waals surface area contributed by atoms with Gasteiger partial charge < -0.3 is 5.11 Å². The van der Waals surface area contributed by atoms with E-state index in [9.17, 15) is 5.11 Å². The van der Waals surface area contributed by atoms with Gasteiger partial charge in [-0.25, -0.2) is 0 Å². The zero-order valence-electron chi connectivity index (χ0n) is 20.0. The lowest BCUT2D eigenvalue weighted by atomic mass is 9.72. The number of aliphatic hydroxyl groups is 1. The molecule has 3 aliphatic rings. The topological polar surface area (TPSA) is 23.5 Å². The number of benzene rings is 1. The average molecular weight is 458 g/mol. The van der Waals surface area contributed by atoms with Crippen LogP contribution in [0.25, 0.3) is 0 Å². The molecule has 3 aliphatic carbocycles. The summed E-state index contributed by atoms with van der Waals surface area (Å²) in [6.07, 6.45) is 18.5. The zero-order chi connectivity index (χ0) is 22.3. The first-order valence-corrected chi connectivity index (χ1v) is 13.8. The first-order chi connectivity index (χ1) is 15.6. The number of hydrogen-bond donors (Lipinski definition) is 1. The van der Waals surface area contributed by atoms with Crippen LogP contribution in [-0.4, -0.2) is 29.1 Å². The fraction of sp³-hybridized carbons (Fsp3) is 0.724. The van der Waals surface area contributed by atoms with Crippen molar-refractivity contribution < 1.29 is 5.11 Å². The van der Waals surface area contributed by atoms with E-state index in [1.165, 1.54) is 95.7 Å². The highest BCUT2D eigenvalue weighted by atomic mass is 35.5. The summed E-state index contributed by atoms with van der Waals surface area (Å²) in [4.78, 5) is 2.95. The van der Waals surface area contributed by atoms with Crippen molar-refractivity contribution in [2.24, 2.45) is 17.8 Å². The Balaban J connectivity index is 1.56. The van der Waals surface area contributed by atoms with E-state index in [0.29, 0.717) is 23.6 Å². The Hall–Kier alpha value is -0.990. The van der Waals surface area contributed by atoms with E-state index in [-0.39, 0.29) is 0 Å². The Morgan fingerprint density at radius 1 is 0.875 bits per heavy atom. The maximum atomic E-state index is 9.89. The minimum atomic E-state index is 0.347. The summed E-state index contributed by atoms with van der Waals surface area (Å²) in [5.41, 5.74) is 1.40. The van der Waals surface area contributed by atoms with E-state index in [2.05, 4.69) is 29.7 Å². The summed E-state index contributed by atoms with van der Waals surface area (Å²) >= 11 is 6.46. The van der Waals surface area contributed by atoms with Crippen molar-refractivity contribution in [3.8, 4) is 0 Å². The summed E-state index contributed by atoms with van der Waals surface area (Å²) in [5.74, 6) is 3.13. The highest BCUT2D eigenvalue weighted by molar-refractivity contribution is 6.30. The first-order valence-electron chi connectivity index (χ1n) is 13.4. The van der Waals surface area contributed by atoms with Crippen LogP contribution < -0.4 is 0 Å². The Labute approximate surface area is 201 Å². The lowest BCUT2D eigenvalue weighted by Crippen LogP contribution is -2.47. The molecule has 3 fully saturated rings. The van der Waals surface area contributed by atoms with Gasteiger partial charge in [0.2, 0.25) is 0 Å². The molecule has 0 spiro atoms. The van der Waals surface area contributed by atoms with Crippen molar-refractivity contribution >= 4 is 11.6 Å². The van der Waals surface area contributed by atoms with E-state index in [1.54, 1.807) is 0 Å². The van der Waals surface area contributed by atoms with E-state index >= 15 is 0 Å². The van der Waals surface area contributed by atoms with Gasteiger partial charge in [-0.15, -0.1) is 0 Å². The second-order valence-electron chi connectivity index (χ2n) is 11.1. The Bertz CT molecular complexity index is 702. The Morgan fingerprint density at radius 2 is 1.50 bits per heavy atom. The molecule has 3 heteroatoms. The van der Waals surface area contributed by atoms with Crippen LogP contribution in [0.2, 0.25) is 5.02 Å². The molecule has 0 aliphatic heterocycles. The molecule has 0 radical (unpaired) electrons. The van der Waals surface area contributed by atoms with Crippen LogP contribution in [0.1, 0.15) is 101 Å². The SMILES string of the molecule is C=C(O)C[C@@H]1CC[C@@H](N(CC2CCCCC2)CC2CCCCC2)[C@H](c2cccc(Cl)c2)C1. The van der Waals surface area contributed by atoms with Crippen LogP contribution in [0.15, 0.2) is 36.6 Å². The van der Waals surface area contributed by atoms with E-state index < -0.39 is 0 Å². The second kappa shape index (κ2) is 11.9. The van der Waals surface area contributed by atoms with Crippen molar-refractivity contribution in [3.05, 3.63) is 47.2 Å². The van der Waals surface area contributed by atoms with Gasteiger partial charge in [0.05, 0.1) is 5.76 Å². The van der Waals surface area contributed by atoms with E-state index in [4.69, 9.17) is 11.6 Å². The fourth-order valence-corrected chi connectivity index (χ4v) is 7.24. The molecule has 1 aromatic rings. The van der Waals surface area contributed by atoms with Gasteiger partial charge in [-0.1, -0.05) is 68.8 Å². The predicted molar refractivity (Wildman–Crippen MR) is 136 cm³/mol. The van der Waals surface area contributed by atoms with Gasteiger partial charge in [0.25, 0.3) is 0 Å². The van der Waals surface area contributed by atoms with Crippen LogP contribution in [0, 0.1) is 17.8 Å². The monoisotopic (exact) mass is 457 g/mol. The minimum Gasteiger partial charge on any atom is -0.513 e. The first kappa shape index (κ1) is 24.1. The van der Waals surface area contributed by atoms with E-state index in [1.807, 2.05) is 6.07 Å². The molecule has 0 amide bonds. The van der Waals surface area contributed by atoms with Gasteiger partial charge in [0.15, 0.2) is 0 Å². The van der Waals surface area contributed by atoms with Gasteiger partial charge in [-0.3, -0.25) is 4.90 Å². The molecular formula is C29H44ClNO. The number of aliphatic hydroxyl groups excluding tert-OH is 1. The molecule has 0 saturated heterocycles. The van der Waals surface area contributed by atoms with Crippen molar-refractivity contribution in [2.75, 3.05) is 13.1 Å². The third-order valence-electron chi connectivity index (χ3n) is 8.63. The average Bonchev–Trinajstić information content (AvgIpc) is 2.80. The highest BCUT2D eigenvalue weighted by Crippen LogP contribution is 2.43. The van der Waals surface area contributed by atoms with Crippen LogP contribution >= 0.6 is 11.6 Å². The maximum absolute atomic E-state index is 9.89. The molecule has 1 aromatic carbocycles. The third-order valence-corrected chi connectivity index (χ3v) is 8.86. The smallest absolute Gasteiger partial charge is 0.0853 e. The summed E-state index contributed by atoms with van der Waals surface area (Å²) in [6.45, 7) is 6.37. The van der Waals surface area contributed by atoms with Crippen molar-refractivity contribution in [1.82, 2.24) is 4.90 Å². The summed E-state index contributed by atoms with van der Waals surface area (Å²) in [7, 11) is 0. The lowest BCUT2D eigenvalue weighted by Gasteiger charge is -2.46. The molecule has 178 valence electrons. The molecule has 3 atom stereocenters. The number of rotatable bonds is 8. The molecule has 0 aromatic heterocycles. The van der Waals surface area contributed by atoms with Crippen LogP contribution in [0.4, 0.5) is 0 Å². The van der Waals surface area contributed by atoms with Gasteiger partial charge in [0, 0.05) is 30.6 Å². The number of halogens is 1. The zero-order valence-corrected chi connectivity index (χ0v) is 20.7. The number of hydrogen-bond acceptors (Lipinski definition) is 2. The largest absolute Gasteiger partial charge is 0.513 e. The molecule has 4 rings (SSSR count). The molecule has 0 bridgehead atoms. The minimum absolute atomic E-state index is 0.347. The second-order valence-corrected chi connectivity index (χ2v) is 11.6. The van der Waals surface area contributed by atoms with Crippen molar-refractivity contribution in [2.45, 2.75) is 102 Å². The normalized spacial score (nSPS) is 28.1. The van der Waals surface area contributed by atoms with Crippen molar-refractivity contribution in [1.29, 1.82) is 0 Å². The third kappa shape index (κ3) is 6.76. The van der Waals surface area contributed by atoms with Crippen LogP contribution in [0.3, 0.4) is 0 Å². The summed E-state index contributed by atoms with van der Waals surface area (Å²) in [5, 5.41) is 10.7. The lowest BCUT2D eigenvalue weighted by molar-refractivity contribution is 0.0667. The molecule has 3 saturated carbocycles. The molecule has 0 unspecified atom stereocenters.